The van der Waals surface area contributed by atoms with Gasteiger partial charge in [-0.05, 0) is 43.0 Å². The summed E-state index contributed by atoms with van der Waals surface area (Å²) in [6.07, 6.45) is 10.9. The fourth-order valence-electron chi connectivity index (χ4n) is 4.47. The predicted molar refractivity (Wildman–Crippen MR) is 146 cm³/mol. The van der Waals surface area contributed by atoms with Crippen LogP contribution in [-0.2, 0) is 11.3 Å². The topological polar surface area (TPSA) is 86.8 Å². The van der Waals surface area contributed by atoms with E-state index in [2.05, 4.69) is 20.5 Å². The summed E-state index contributed by atoms with van der Waals surface area (Å²) < 4.78 is 5.44. The zero-order chi connectivity index (χ0) is 26.0. The van der Waals surface area contributed by atoms with Crippen molar-refractivity contribution in [3.63, 3.8) is 0 Å². The van der Waals surface area contributed by atoms with Crippen LogP contribution < -0.4 is 10.6 Å². The molecule has 0 atom stereocenters. The molecular formula is C29H43N5O3. The van der Waals surface area contributed by atoms with E-state index in [1.54, 1.807) is 12.4 Å². The van der Waals surface area contributed by atoms with Crippen LogP contribution in [0.3, 0.4) is 0 Å². The van der Waals surface area contributed by atoms with Crippen LogP contribution >= 0.6 is 0 Å². The molecule has 1 saturated heterocycles. The second kappa shape index (κ2) is 17.5. The lowest BCUT2D eigenvalue weighted by molar-refractivity contribution is 0.0357. The van der Waals surface area contributed by atoms with Crippen molar-refractivity contribution < 1.29 is 14.3 Å². The van der Waals surface area contributed by atoms with Gasteiger partial charge in [-0.3, -0.25) is 14.7 Å². The number of morpholine rings is 1. The number of nitrogens with zero attached hydrogens (tertiary/aromatic N) is 3. The van der Waals surface area contributed by atoms with E-state index < -0.39 is 0 Å². The molecule has 0 unspecified atom stereocenters. The van der Waals surface area contributed by atoms with Gasteiger partial charge in [-0.15, -0.1) is 0 Å². The van der Waals surface area contributed by atoms with Gasteiger partial charge < -0.3 is 20.3 Å². The van der Waals surface area contributed by atoms with Crippen molar-refractivity contribution in [2.45, 2.75) is 51.5 Å². The molecule has 37 heavy (non-hydrogen) atoms. The number of urea groups is 1. The van der Waals surface area contributed by atoms with E-state index in [1.807, 2.05) is 47.4 Å². The van der Waals surface area contributed by atoms with Gasteiger partial charge in [0.1, 0.15) is 0 Å². The maximum atomic E-state index is 13.1. The molecule has 1 fully saturated rings. The van der Waals surface area contributed by atoms with Gasteiger partial charge in [-0.1, -0.05) is 49.9 Å². The quantitative estimate of drug-likeness (QED) is 0.333. The molecule has 0 spiro atoms. The third kappa shape index (κ3) is 11.7. The predicted octanol–water partition coefficient (Wildman–Crippen LogP) is 4.09. The number of carbonyl (C=O) groups excluding carboxylic acids is 2. The van der Waals surface area contributed by atoms with Gasteiger partial charge in [-0.2, -0.15) is 0 Å². The largest absolute Gasteiger partial charge is 0.379 e. The number of nitrogens with one attached hydrogen (secondary N) is 2. The Kier molecular flexibility index (Phi) is 13.5. The van der Waals surface area contributed by atoms with E-state index in [1.165, 1.54) is 0 Å². The van der Waals surface area contributed by atoms with Gasteiger partial charge in [0.25, 0.3) is 5.91 Å². The van der Waals surface area contributed by atoms with Crippen molar-refractivity contribution in [3.05, 3.63) is 66.0 Å². The van der Waals surface area contributed by atoms with Crippen molar-refractivity contribution in [1.29, 1.82) is 0 Å². The first-order chi connectivity index (χ1) is 18.2. The summed E-state index contributed by atoms with van der Waals surface area (Å²) in [7, 11) is 0. The Morgan fingerprint density at radius 2 is 1.59 bits per heavy atom. The number of unbranched alkanes of at least 4 members (excludes halogenated alkanes) is 5. The van der Waals surface area contributed by atoms with Crippen molar-refractivity contribution >= 4 is 11.9 Å². The summed E-state index contributed by atoms with van der Waals surface area (Å²) >= 11 is 0. The van der Waals surface area contributed by atoms with Crippen LogP contribution in [0.1, 0.15) is 60.9 Å². The maximum Gasteiger partial charge on any atom is 0.315 e. The minimum Gasteiger partial charge on any atom is -0.379 e. The normalized spacial score (nSPS) is 13.7. The Labute approximate surface area is 221 Å². The number of hydrogen-bond acceptors (Lipinski definition) is 5. The third-order valence-corrected chi connectivity index (χ3v) is 6.63. The van der Waals surface area contributed by atoms with Crippen LogP contribution in [0.2, 0.25) is 0 Å². The molecule has 8 nitrogen and oxygen atoms in total. The van der Waals surface area contributed by atoms with E-state index in [0.717, 1.165) is 102 Å². The molecule has 2 heterocycles. The number of ether oxygens (including phenoxy) is 1. The van der Waals surface area contributed by atoms with Crippen LogP contribution in [0.4, 0.5) is 4.79 Å². The molecule has 3 amide bonds. The smallest absolute Gasteiger partial charge is 0.315 e. The summed E-state index contributed by atoms with van der Waals surface area (Å²) in [6.45, 7) is 7.35. The van der Waals surface area contributed by atoms with Gasteiger partial charge in [-0.25, -0.2) is 4.79 Å². The molecule has 2 aromatic rings. The zero-order valence-electron chi connectivity index (χ0n) is 22.1. The molecular weight excluding hydrogens is 466 g/mol. The van der Waals surface area contributed by atoms with Gasteiger partial charge in [0.2, 0.25) is 0 Å². The number of rotatable bonds is 16. The molecule has 8 heteroatoms. The summed E-state index contributed by atoms with van der Waals surface area (Å²) in [5, 5.41) is 5.77. The van der Waals surface area contributed by atoms with Gasteiger partial charge >= 0.3 is 6.03 Å². The molecule has 0 saturated carbocycles. The van der Waals surface area contributed by atoms with Crippen LogP contribution in [-0.4, -0.2) is 79.2 Å². The van der Waals surface area contributed by atoms with Crippen molar-refractivity contribution in [2.24, 2.45) is 0 Å². The molecule has 2 N–H and O–H groups in total. The Hall–Kier alpha value is -2.97. The van der Waals surface area contributed by atoms with Crippen molar-refractivity contribution in [2.75, 3.05) is 52.5 Å². The Morgan fingerprint density at radius 1 is 0.865 bits per heavy atom. The Balaban J connectivity index is 1.25. The summed E-state index contributed by atoms with van der Waals surface area (Å²) in [4.78, 5) is 33.5. The highest BCUT2D eigenvalue weighted by Gasteiger charge is 2.16. The minimum absolute atomic E-state index is 0.135. The van der Waals surface area contributed by atoms with E-state index in [-0.39, 0.29) is 11.9 Å². The monoisotopic (exact) mass is 509 g/mol. The highest BCUT2D eigenvalue weighted by Crippen LogP contribution is 2.11. The summed E-state index contributed by atoms with van der Waals surface area (Å²) in [5.74, 6) is 0.135. The molecule has 1 aliphatic heterocycles. The first kappa shape index (κ1) is 28.6. The van der Waals surface area contributed by atoms with Crippen LogP contribution in [0, 0.1) is 0 Å². The second-order valence-corrected chi connectivity index (χ2v) is 9.56. The summed E-state index contributed by atoms with van der Waals surface area (Å²) in [5.41, 5.74) is 1.75. The van der Waals surface area contributed by atoms with Crippen molar-refractivity contribution in [3.8, 4) is 0 Å². The number of aromatic nitrogens is 1. The molecule has 3 rings (SSSR count). The first-order valence-electron chi connectivity index (χ1n) is 13.8. The molecule has 0 aliphatic carbocycles. The van der Waals surface area contributed by atoms with Crippen LogP contribution in [0.5, 0.6) is 0 Å². The lowest BCUT2D eigenvalue weighted by Gasteiger charge is -2.28. The highest BCUT2D eigenvalue weighted by atomic mass is 16.5. The highest BCUT2D eigenvalue weighted by molar-refractivity contribution is 5.94. The van der Waals surface area contributed by atoms with E-state index in [9.17, 15) is 9.59 Å². The van der Waals surface area contributed by atoms with Crippen LogP contribution in [0.15, 0.2) is 54.9 Å². The Morgan fingerprint density at radius 3 is 2.35 bits per heavy atom. The number of pyridine rings is 1. The molecule has 202 valence electrons. The van der Waals surface area contributed by atoms with Crippen molar-refractivity contribution in [1.82, 2.24) is 25.4 Å². The average Bonchev–Trinajstić information content (AvgIpc) is 2.95. The number of benzene rings is 1. The van der Waals surface area contributed by atoms with Crippen LogP contribution in [0.25, 0.3) is 0 Å². The molecule has 1 aromatic carbocycles. The average molecular weight is 510 g/mol. The number of amides is 3. The van der Waals surface area contributed by atoms with Gasteiger partial charge in [0.15, 0.2) is 0 Å². The first-order valence-corrected chi connectivity index (χ1v) is 13.8. The lowest BCUT2D eigenvalue weighted by Crippen LogP contribution is -2.39. The fraction of sp³-hybridized carbons (Fsp3) is 0.552. The molecule has 1 aliphatic rings. The standard InChI is InChI=1S/C29H43N5O3/c35-28(27-13-6-5-7-14-27)34(19-11-17-33-20-22-37-23-21-33)18-9-4-2-1-3-8-16-31-29(36)32-25-26-12-10-15-30-24-26/h5-7,10,12-15,24H,1-4,8-9,11,16-23,25H2,(H2,31,32,36). The molecule has 0 bridgehead atoms. The van der Waals surface area contributed by atoms with E-state index in [0.29, 0.717) is 13.1 Å². The molecule has 0 radical (unpaired) electrons. The number of carbonyl (C=O) groups is 2. The van der Waals surface area contributed by atoms with E-state index >= 15 is 0 Å². The zero-order valence-corrected chi connectivity index (χ0v) is 22.1. The third-order valence-electron chi connectivity index (χ3n) is 6.63. The SMILES string of the molecule is O=C(NCCCCCCCCN(CCCN1CCOCC1)C(=O)c1ccccc1)NCc1cccnc1. The minimum atomic E-state index is -0.138. The lowest BCUT2D eigenvalue weighted by atomic mass is 10.1. The second-order valence-electron chi connectivity index (χ2n) is 9.56. The van der Waals surface area contributed by atoms with Gasteiger partial charge in [0.05, 0.1) is 13.2 Å². The Bertz CT molecular complexity index is 891. The molecule has 1 aromatic heterocycles. The maximum absolute atomic E-state index is 13.1. The van der Waals surface area contributed by atoms with E-state index in [4.69, 9.17) is 4.74 Å². The number of hydrogen-bond donors (Lipinski definition) is 2. The van der Waals surface area contributed by atoms with Gasteiger partial charge in [0, 0.05) is 63.8 Å². The fourth-order valence-corrected chi connectivity index (χ4v) is 4.47. The summed E-state index contributed by atoms with van der Waals surface area (Å²) in [6, 6.07) is 13.3.